The van der Waals surface area contributed by atoms with Crippen LogP contribution in [0, 0.1) is 0 Å². The molecule has 4 rings (SSSR count). The van der Waals surface area contributed by atoms with Gasteiger partial charge in [0.05, 0.1) is 0 Å². The Hall–Kier alpha value is -2.59. The summed E-state index contributed by atoms with van der Waals surface area (Å²) in [5.74, 6) is 0. The number of rotatable bonds is 5. The normalized spacial score (nSPS) is 11.1. The first kappa shape index (κ1) is 20.2. The second-order valence-electron chi connectivity index (χ2n) is 6.67. The van der Waals surface area contributed by atoms with Crippen LogP contribution in [0.2, 0.25) is 0 Å². The molecular weight excluding hydrogens is 378 g/mol. The summed E-state index contributed by atoms with van der Waals surface area (Å²) < 4.78 is 8.06. The average molecular weight is 402 g/mol. The molecule has 0 bridgehead atoms. The van der Waals surface area contributed by atoms with Gasteiger partial charge in [0.2, 0.25) is 0 Å². The Labute approximate surface area is 170 Å². The summed E-state index contributed by atoms with van der Waals surface area (Å²) >= 11 is 0. The van der Waals surface area contributed by atoms with E-state index >= 15 is 0 Å². The van der Waals surface area contributed by atoms with E-state index in [1.54, 1.807) is 9.12 Å². The summed E-state index contributed by atoms with van der Waals surface area (Å²) in [6.45, 7) is 0. The van der Waals surface area contributed by atoms with Gasteiger partial charge < -0.3 is 0 Å². The van der Waals surface area contributed by atoms with E-state index in [4.69, 9.17) is 4.57 Å². The third-order valence-electron chi connectivity index (χ3n) is 5.11. The number of hydrogen-bond donors (Lipinski definition) is 0. The van der Waals surface area contributed by atoms with Gasteiger partial charge in [0.15, 0.2) is 0 Å². The molecule has 0 aliphatic rings. The Morgan fingerprint density at radius 1 is 0.464 bits per heavy atom. The molecular formula is C25H24OP2. The van der Waals surface area contributed by atoms with Crippen LogP contribution in [0.25, 0.3) is 0 Å². The van der Waals surface area contributed by atoms with Gasteiger partial charge in [-0.3, -0.25) is 4.57 Å². The summed E-state index contributed by atoms with van der Waals surface area (Å²) in [6.07, 6.45) is 1.06. The van der Waals surface area contributed by atoms with Crippen molar-refractivity contribution in [3.63, 3.8) is 0 Å². The molecule has 0 unspecified atom stereocenters. The molecule has 0 aromatic heterocycles. The monoisotopic (exact) mass is 402 g/mol. The van der Waals surface area contributed by atoms with E-state index in [2.05, 4.69) is 121 Å². The maximum absolute atomic E-state index is 8.06. The third kappa shape index (κ3) is 4.28. The first-order valence-corrected chi connectivity index (χ1v) is 11.9. The molecule has 0 saturated carbocycles. The van der Waals surface area contributed by atoms with Gasteiger partial charge in [-0.15, -0.1) is 0 Å². The number of benzene rings is 4. The molecule has 1 nitrogen and oxygen atoms in total. The Balaban J connectivity index is 0.00000109. The molecule has 0 saturated heterocycles. The van der Waals surface area contributed by atoms with Crippen molar-refractivity contribution in [2.45, 2.75) is 6.16 Å². The molecule has 0 aliphatic heterocycles. The van der Waals surface area contributed by atoms with Crippen LogP contribution >= 0.6 is 16.4 Å². The van der Waals surface area contributed by atoms with Gasteiger partial charge in [0, 0.05) is 0 Å². The quantitative estimate of drug-likeness (QED) is 0.409. The molecule has 0 fully saturated rings. The molecule has 0 heterocycles. The van der Waals surface area contributed by atoms with E-state index < -0.39 is 7.26 Å². The van der Waals surface area contributed by atoms with Crippen molar-refractivity contribution in [1.82, 2.24) is 0 Å². The van der Waals surface area contributed by atoms with Crippen molar-refractivity contribution < 1.29 is 4.57 Å². The maximum atomic E-state index is 8.06. The van der Waals surface area contributed by atoms with Crippen LogP contribution in [0.15, 0.2) is 121 Å². The van der Waals surface area contributed by atoms with Gasteiger partial charge >= 0.3 is 156 Å². The van der Waals surface area contributed by atoms with Crippen LogP contribution in [0.4, 0.5) is 0 Å². The molecule has 28 heavy (non-hydrogen) atoms. The Kier molecular flexibility index (Phi) is 7.26. The van der Waals surface area contributed by atoms with E-state index in [1.165, 1.54) is 21.5 Å². The Morgan fingerprint density at radius 3 is 1.07 bits per heavy atom. The van der Waals surface area contributed by atoms with Gasteiger partial charge in [-0.25, -0.2) is 0 Å². The van der Waals surface area contributed by atoms with E-state index in [9.17, 15) is 0 Å². The molecule has 140 valence electrons. The van der Waals surface area contributed by atoms with Crippen LogP contribution in [0.1, 0.15) is 5.56 Å². The number of hydrogen-bond acceptors (Lipinski definition) is 1. The molecule has 0 amide bonds. The van der Waals surface area contributed by atoms with Crippen molar-refractivity contribution in [3.8, 4) is 0 Å². The second-order valence-corrected chi connectivity index (χ2v) is 10.6. The third-order valence-corrected chi connectivity index (χ3v) is 10.0. The average Bonchev–Trinajstić information content (AvgIpc) is 2.81. The van der Waals surface area contributed by atoms with Crippen LogP contribution < -0.4 is 15.9 Å². The fourth-order valence-electron chi connectivity index (χ4n) is 3.88. The topological polar surface area (TPSA) is 17.1 Å². The molecule has 4 aromatic rings. The predicted molar refractivity (Wildman–Crippen MR) is 126 cm³/mol. The van der Waals surface area contributed by atoms with Crippen molar-refractivity contribution in [2.75, 3.05) is 0 Å². The van der Waals surface area contributed by atoms with Gasteiger partial charge in [0.25, 0.3) is 0 Å². The van der Waals surface area contributed by atoms with Gasteiger partial charge in [0.1, 0.15) is 9.12 Å². The molecule has 0 N–H and O–H groups in total. The van der Waals surface area contributed by atoms with Crippen molar-refractivity contribution in [1.29, 1.82) is 0 Å². The molecule has 0 atom stereocenters. The van der Waals surface area contributed by atoms with E-state index in [0.717, 1.165) is 6.16 Å². The Bertz CT molecular complexity index is 862. The Morgan fingerprint density at radius 2 is 0.750 bits per heavy atom. The molecule has 4 aromatic carbocycles. The fraction of sp³-hybridized carbons (Fsp3) is 0.0400. The molecule has 0 spiro atoms. The van der Waals surface area contributed by atoms with Gasteiger partial charge in [-0.05, 0) is 0 Å². The summed E-state index contributed by atoms with van der Waals surface area (Å²) in [6, 6.07) is 44.2. The molecule has 0 radical (unpaired) electrons. The first-order chi connectivity index (χ1) is 13.9. The van der Waals surface area contributed by atoms with Gasteiger partial charge in [-0.2, -0.15) is 0 Å². The molecule has 0 aliphatic carbocycles. The second kappa shape index (κ2) is 10.1. The zero-order valence-electron chi connectivity index (χ0n) is 15.7. The minimum atomic E-state index is -2.16. The molecule has 3 heteroatoms. The standard InChI is InChI=1S/C25H23P.HOP/c1-5-13-22(14-6-1)21-26(23-15-7-2-8-16-23,24-17-9-3-10-18-24)25-19-11-4-12-20-25;1-2/h1-20,26H,21H2;2H. The summed E-state index contributed by atoms with van der Waals surface area (Å²) in [5.41, 5.74) is 1.40. The minimum absolute atomic E-state index is 1.06. The van der Waals surface area contributed by atoms with Crippen molar-refractivity contribution in [2.24, 2.45) is 0 Å². The van der Waals surface area contributed by atoms with Crippen LogP contribution in [-0.2, 0) is 10.7 Å². The fourth-order valence-corrected chi connectivity index (χ4v) is 8.62. The van der Waals surface area contributed by atoms with Crippen LogP contribution in [0.3, 0.4) is 0 Å². The van der Waals surface area contributed by atoms with E-state index in [1.807, 2.05) is 0 Å². The van der Waals surface area contributed by atoms with Gasteiger partial charge in [-0.1, -0.05) is 0 Å². The predicted octanol–water partition coefficient (Wildman–Crippen LogP) is 5.39. The zero-order chi connectivity index (χ0) is 19.7. The summed E-state index contributed by atoms with van der Waals surface area (Å²) in [4.78, 5) is 0. The summed E-state index contributed by atoms with van der Waals surface area (Å²) in [5, 5.41) is 4.38. The van der Waals surface area contributed by atoms with Crippen LogP contribution in [-0.4, -0.2) is 0 Å². The first-order valence-electron chi connectivity index (χ1n) is 9.30. The SMILES string of the molecule is O=P.c1ccc(C[PH](c2ccccc2)(c2ccccc2)c2ccccc2)cc1. The zero-order valence-corrected chi connectivity index (χ0v) is 17.7. The summed E-state index contributed by atoms with van der Waals surface area (Å²) in [7, 11) is -0.442. The van der Waals surface area contributed by atoms with E-state index in [0.29, 0.717) is 0 Å². The van der Waals surface area contributed by atoms with E-state index in [-0.39, 0.29) is 0 Å². The van der Waals surface area contributed by atoms with Crippen molar-refractivity contribution in [3.05, 3.63) is 127 Å². The van der Waals surface area contributed by atoms with Crippen LogP contribution in [0.5, 0.6) is 0 Å². The van der Waals surface area contributed by atoms with Crippen molar-refractivity contribution >= 4 is 32.3 Å².